The first-order valence-corrected chi connectivity index (χ1v) is 9.09. The van der Waals surface area contributed by atoms with Crippen molar-refractivity contribution in [3.8, 4) is 0 Å². The summed E-state index contributed by atoms with van der Waals surface area (Å²) in [4.78, 5) is 24.6. The maximum absolute atomic E-state index is 12.4. The fraction of sp³-hybridized carbons (Fsp3) is 0.400. The van der Waals surface area contributed by atoms with Gasteiger partial charge in [0, 0.05) is 11.6 Å². The van der Waals surface area contributed by atoms with Crippen LogP contribution < -0.4 is 16.6 Å². The van der Waals surface area contributed by atoms with E-state index in [1.54, 1.807) is 12.1 Å². The van der Waals surface area contributed by atoms with E-state index in [0.29, 0.717) is 5.56 Å². The minimum absolute atomic E-state index is 0.137. The normalized spacial score (nSPS) is 17.5. The van der Waals surface area contributed by atoms with Gasteiger partial charge in [0.15, 0.2) is 0 Å². The van der Waals surface area contributed by atoms with Crippen LogP contribution in [0.5, 0.6) is 0 Å². The van der Waals surface area contributed by atoms with Gasteiger partial charge < -0.3 is 10.8 Å². The molecule has 2 aromatic carbocycles. The first kappa shape index (κ1) is 18.4. The second-order valence-electron chi connectivity index (χ2n) is 6.89. The summed E-state index contributed by atoms with van der Waals surface area (Å²) in [6.07, 6.45) is 3.83. The molecule has 26 heavy (non-hydrogen) atoms. The van der Waals surface area contributed by atoms with Crippen LogP contribution >= 0.6 is 0 Å². The Bertz CT molecular complexity index is 781. The Balaban J connectivity index is 1.60. The molecular formula is C20H25N3O3. The zero-order valence-corrected chi connectivity index (χ0v) is 14.7. The number of amides is 2. The predicted molar refractivity (Wildman–Crippen MR) is 100 cm³/mol. The highest BCUT2D eigenvalue weighted by Gasteiger charge is 2.31. The lowest BCUT2D eigenvalue weighted by atomic mass is 9.82. The molecule has 6 heteroatoms. The third kappa shape index (κ3) is 4.03. The Kier molecular flexibility index (Phi) is 5.85. The fourth-order valence-electron chi connectivity index (χ4n) is 3.63. The number of hydrogen-bond acceptors (Lipinski definition) is 4. The largest absolute Gasteiger partial charge is 0.382 e. The van der Waals surface area contributed by atoms with Crippen LogP contribution in [0.1, 0.15) is 42.5 Å². The third-order valence-electron chi connectivity index (χ3n) is 5.16. The number of benzene rings is 2. The van der Waals surface area contributed by atoms with E-state index in [9.17, 15) is 14.7 Å². The topological polar surface area (TPSA) is 104 Å². The van der Waals surface area contributed by atoms with Gasteiger partial charge >= 0.3 is 0 Å². The van der Waals surface area contributed by atoms with Crippen LogP contribution in [-0.2, 0) is 4.79 Å². The van der Waals surface area contributed by atoms with E-state index < -0.39 is 24.0 Å². The third-order valence-corrected chi connectivity index (χ3v) is 5.16. The average molecular weight is 355 g/mol. The molecule has 2 aromatic rings. The van der Waals surface area contributed by atoms with Gasteiger partial charge in [-0.25, -0.2) is 0 Å². The number of carbonyl (C=O) groups excluding carboxylic acids is 2. The minimum Gasteiger partial charge on any atom is -0.382 e. The second kappa shape index (κ2) is 8.29. The van der Waals surface area contributed by atoms with E-state index in [0.717, 1.165) is 36.5 Å². The predicted octanol–water partition coefficient (Wildman–Crippen LogP) is 1.87. The van der Waals surface area contributed by atoms with Crippen LogP contribution in [0.4, 0.5) is 0 Å². The first-order chi connectivity index (χ1) is 12.6. The maximum atomic E-state index is 12.4. The van der Waals surface area contributed by atoms with Crippen LogP contribution in [-0.4, -0.2) is 29.1 Å². The number of nitrogens with two attached hydrogens (primary N) is 1. The molecular weight excluding hydrogens is 330 g/mol. The van der Waals surface area contributed by atoms with Crippen molar-refractivity contribution in [2.24, 2.45) is 11.7 Å². The van der Waals surface area contributed by atoms with Gasteiger partial charge in [-0.15, -0.1) is 0 Å². The number of aliphatic hydroxyl groups excluding tert-OH is 1. The molecule has 2 unspecified atom stereocenters. The number of hydrogen-bond donors (Lipinski definition) is 4. The van der Waals surface area contributed by atoms with Crippen molar-refractivity contribution in [3.05, 3.63) is 48.0 Å². The quantitative estimate of drug-likeness (QED) is 0.629. The Labute approximate surface area is 152 Å². The number of aliphatic hydroxyl groups is 1. The van der Waals surface area contributed by atoms with Crippen molar-refractivity contribution in [1.29, 1.82) is 0 Å². The van der Waals surface area contributed by atoms with Crippen molar-refractivity contribution in [2.45, 2.75) is 44.2 Å². The van der Waals surface area contributed by atoms with Crippen molar-refractivity contribution in [1.82, 2.24) is 10.9 Å². The average Bonchev–Trinajstić information content (AvgIpc) is 2.70. The van der Waals surface area contributed by atoms with Gasteiger partial charge in [-0.2, -0.15) is 0 Å². The lowest BCUT2D eigenvalue weighted by molar-refractivity contribution is -0.132. The Morgan fingerprint density at radius 1 is 1.00 bits per heavy atom. The first-order valence-electron chi connectivity index (χ1n) is 9.09. The summed E-state index contributed by atoms with van der Waals surface area (Å²) in [7, 11) is 0. The van der Waals surface area contributed by atoms with Crippen LogP contribution in [0.15, 0.2) is 42.5 Å². The van der Waals surface area contributed by atoms with E-state index in [1.165, 1.54) is 6.42 Å². The van der Waals surface area contributed by atoms with E-state index in [1.807, 2.05) is 30.3 Å². The molecule has 0 bridgehead atoms. The van der Waals surface area contributed by atoms with Gasteiger partial charge in [-0.3, -0.25) is 20.4 Å². The van der Waals surface area contributed by atoms with Gasteiger partial charge in [-0.05, 0) is 35.6 Å². The molecule has 0 aliphatic heterocycles. The number of fused-ring (bicyclic) bond motifs is 1. The molecule has 6 nitrogen and oxygen atoms in total. The van der Waals surface area contributed by atoms with Crippen LogP contribution in [0.3, 0.4) is 0 Å². The van der Waals surface area contributed by atoms with E-state index in [4.69, 9.17) is 5.73 Å². The van der Waals surface area contributed by atoms with Gasteiger partial charge in [0.25, 0.3) is 11.8 Å². The fourth-order valence-corrected chi connectivity index (χ4v) is 3.63. The summed E-state index contributed by atoms with van der Waals surface area (Å²) < 4.78 is 0. The molecule has 3 rings (SSSR count). The molecule has 1 aliphatic rings. The van der Waals surface area contributed by atoms with Crippen LogP contribution in [0, 0.1) is 5.92 Å². The summed E-state index contributed by atoms with van der Waals surface area (Å²) in [5, 5.41) is 11.9. The zero-order valence-electron chi connectivity index (χ0n) is 14.7. The molecule has 1 saturated carbocycles. The summed E-state index contributed by atoms with van der Waals surface area (Å²) in [6, 6.07) is 12.3. The van der Waals surface area contributed by atoms with Gasteiger partial charge in [-0.1, -0.05) is 55.7 Å². The number of hydrazine groups is 1. The lowest BCUT2D eigenvalue weighted by Gasteiger charge is -2.30. The smallest absolute Gasteiger partial charge is 0.270 e. The SMILES string of the molecule is NC(C1CCCCC1)C(O)C(=O)NNC(=O)c1cccc2ccccc12. The Hall–Kier alpha value is -2.44. The molecule has 0 saturated heterocycles. The number of nitrogens with one attached hydrogen (secondary N) is 2. The van der Waals surface area contributed by atoms with Crippen molar-refractivity contribution >= 4 is 22.6 Å². The molecule has 0 radical (unpaired) electrons. The highest BCUT2D eigenvalue weighted by Crippen LogP contribution is 2.26. The Morgan fingerprint density at radius 3 is 2.46 bits per heavy atom. The number of rotatable bonds is 4. The van der Waals surface area contributed by atoms with Gasteiger partial charge in [0.1, 0.15) is 6.10 Å². The molecule has 138 valence electrons. The molecule has 2 atom stereocenters. The van der Waals surface area contributed by atoms with Gasteiger partial charge in [0.2, 0.25) is 0 Å². The zero-order chi connectivity index (χ0) is 18.5. The molecule has 0 spiro atoms. The summed E-state index contributed by atoms with van der Waals surface area (Å²) in [6.45, 7) is 0. The van der Waals surface area contributed by atoms with Crippen molar-refractivity contribution in [3.63, 3.8) is 0 Å². The molecule has 2 amide bonds. The number of carbonyl (C=O) groups is 2. The summed E-state index contributed by atoms with van der Waals surface area (Å²) >= 11 is 0. The van der Waals surface area contributed by atoms with Crippen LogP contribution in [0.25, 0.3) is 10.8 Å². The summed E-state index contributed by atoms with van der Waals surface area (Å²) in [5.74, 6) is -0.983. The Morgan fingerprint density at radius 2 is 1.69 bits per heavy atom. The van der Waals surface area contributed by atoms with Gasteiger partial charge in [0.05, 0.1) is 0 Å². The maximum Gasteiger partial charge on any atom is 0.270 e. The monoisotopic (exact) mass is 355 g/mol. The van der Waals surface area contributed by atoms with E-state index >= 15 is 0 Å². The molecule has 0 aromatic heterocycles. The summed E-state index contributed by atoms with van der Waals surface area (Å²) in [5.41, 5.74) is 11.2. The molecule has 5 N–H and O–H groups in total. The van der Waals surface area contributed by atoms with E-state index in [2.05, 4.69) is 10.9 Å². The van der Waals surface area contributed by atoms with Crippen LogP contribution in [0.2, 0.25) is 0 Å². The molecule has 1 fully saturated rings. The lowest BCUT2D eigenvalue weighted by Crippen LogP contribution is -2.54. The minimum atomic E-state index is -1.34. The van der Waals surface area contributed by atoms with Crippen molar-refractivity contribution in [2.75, 3.05) is 0 Å². The highest BCUT2D eigenvalue weighted by molar-refractivity contribution is 6.07. The molecule has 0 heterocycles. The second-order valence-corrected chi connectivity index (χ2v) is 6.89. The van der Waals surface area contributed by atoms with Crippen molar-refractivity contribution < 1.29 is 14.7 Å². The van der Waals surface area contributed by atoms with E-state index in [-0.39, 0.29) is 5.92 Å². The highest BCUT2D eigenvalue weighted by atomic mass is 16.3. The standard InChI is InChI=1S/C20H25N3O3/c21-17(14-8-2-1-3-9-14)18(24)20(26)23-22-19(25)16-12-6-10-13-7-4-5-11-15(13)16/h4-7,10-12,14,17-18,24H,1-3,8-9,21H2,(H,22,25)(H,23,26). The molecule has 1 aliphatic carbocycles.